The van der Waals surface area contributed by atoms with E-state index in [0.29, 0.717) is 5.75 Å². The van der Waals surface area contributed by atoms with E-state index >= 15 is 0 Å². The summed E-state index contributed by atoms with van der Waals surface area (Å²) >= 11 is 0. The van der Waals surface area contributed by atoms with E-state index in [9.17, 15) is 0 Å². The number of benzene rings is 4. The van der Waals surface area contributed by atoms with Gasteiger partial charge in [0, 0.05) is 25.8 Å². The predicted molar refractivity (Wildman–Crippen MR) is 121 cm³/mol. The zero-order valence-corrected chi connectivity index (χ0v) is 19.1. The van der Waals surface area contributed by atoms with Crippen molar-refractivity contribution in [2.24, 2.45) is 0 Å². The number of pyridine rings is 1. The van der Waals surface area contributed by atoms with Crippen molar-refractivity contribution in [1.82, 2.24) is 4.98 Å². The monoisotopic (exact) mass is 592 g/mol. The molecule has 32 heavy (non-hydrogen) atoms. The van der Waals surface area contributed by atoms with Crippen molar-refractivity contribution < 1.29 is 29.6 Å². The van der Waals surface area contributed by atoms with E-state index in [2.05, 4.69) is 35.2 Å². The zero-order chi connectivity index (χ0) is 20.4. The van der Waals surface area contributed by atoms with Crippen LogP contribution < -0.4 is 14.4 Å². The summed E-state index contributed by atoms with van der Waals surface area (Å²) in [6.07, 6.45) is 0. The van der Waals surface area contributed by atoms with Crippen LogP contribution in [0.5, 0.6) is 23.0 Å². The summed E-state index contributed by atoms with van der Waals surface area (Å²) in [4.78, 5) is 7.03. The van der Waals surface area contributed by atoms with Crippen LogP contribution in [0.4, 0.5) is 17.1 Å². The summed E-state index contributed by atoms with van der Waals surface area (Å²) in [5, 5.41) is 1.10. The van der Waals surface area contributed by atoms with Gasteiger partial charge in [-0.05, 0) is 41.4 Å². The first-order chi connectivity index (χ1) is 15.3. The average molecular weight is 592 g/mol. The van der Waals surface area contributed by atoms with Crippen LogP contribution in [0, 0.1) is 6.07 Å². The van der Waals surface area contributed by atoms with E-state index in [4.69, 9.17) is 14.5 Å². The van der Waals surface area contributed by atoms with Gasteiger partial charge < -0.3 is 14.4 Å². The SMILES string of the molecule is [Ir].[c-]1c(-c2ccc3ccccc3n2)cc2c3c1Oc1ccccc1N3c1ccccc1O2. The Kier molecular flexibility index (Phi) is 4.29. The molecule has 7 rings (SSSR count). The molecule has 0 saturated carbocycles. The molecule has 0 N–H and O–H groups in total. The molecule has 1 radical (unpaired) electrons. The van der Waals surface area contributed by atoms with Crippen LogP contribution in [-0.2, 0) is 20.1 Å². The van der Waals surface area contributed by atoms with Crippen LogP contribution >= 0.6 is 0 Å². The van der Waals surface area contributed by atoms with E-state index < -0.39 is 0 Å². The van der Waals surface area contributed by atoms with Crippen LogP contribution in [0.3, 0.4) is 0 Å². The van der Waals surface area contributed by atoms with E-state index in [1.165, 1.54) is 0 Å². The summed E-state index contributed by atoms with van der Waals surface area (Å²) in [6, 6.07) is 33.7. The first-order valence-electron chi connectivity index (χ1n) is 10.2. The molecule has 4 nitrogen and oxygen atoms in total. The maximum absolute atomic E-state index is 6.32. The molecule has 0 aliphatic carbocycles. The van der Waals surface area contributed by atoms with Gasteiger partial charge in [0.05, 0.1) is 28.4 Å². The summed E-state index contributed by atoms with van der Waals surface area (Å²) in [5.41, 5.74) is 5.43. The van der Waals surface area contributed by atoms with Crippen molar-refractivity contribution in [3.8, 4) is 34.3 Å². The van der Waals surface area contributed by atoms with Crippen molar-refractivity contribution in [3.63, 3.8) is 0 Å². The van der Waals surface area contributed by atoms with Gasteiger partial charge >= 0.3 is 0 Å². The second-order valence-corrected chi connectivity index (χ2v) is 7.59. The number of anilines is 3. The molecule has 0 saturated heterocycles. The molecule has 0 atom stereocenters. The molecule has 0 amide bonds. The Balaban J connectivity index is 0.00000196. The normalized spacial score (nSPS) is 12.6. The minimum absolute atomic E-state index is 0. The smallest absolute Gasteiger partial charge is 0.148 e. The van der Waals surface area contributed by atoms with Crippen LogP contribution in [0.15, 0.2) is 91.0 Å². The largest absolute Gasteiger partial charge is 0.473 e. The number of nitrogens with zero attached hydrogens (tertiary/aromatic N) is 2. The first-order valence-corrected chi connectivity index (χ1v) is 10.2. The van der Waals surface area contributed by atoms with Gasteiger partial charge in [-0.15, -0.1) is 5.56 Å². The number of hydrogen-bond donors (Lipinski definition) is 0. The Morgan fingerprint density at radius 1 is 0.688 bits per heavy atom. The van der Waals surface area contributed by atoms with Crippen molar-refractivity contribution in [3.05, 3.63) is 97.1 Å². The van der Waals surface area contributed by atoms with Crippen molar-refractivity contribution >= 4 is 28.0 Å². The Bertz CT molecular complexity index is 1440. The molecule has 0 bridgehead atoms. The molecule has 5 heteroatoms. The molecular formula is C27H15IrN2O2-. The van der Waals surface area contributed by atoms with Gasteiger partial charge in [0.25, 0.3) is 0 Å². The number of ether oxygens (including phenoxy) is 2. The maximum Gasteiger partial charge on any atom is 0.148 e. The third-order valence-corrected chi connectivity index (χ3v) is 5.71. The second-order valence-electron chi connectivity index (χ2n) is 7.59. The second kappa shape index (κ2) is 7.20. The molecular weight excluding hydrogens is 577 g/mol. The fourth-order valence-electron chi connectivity index (χ4n) is 4.30. The third kappa shape index (κ3) is 2.76. The van der Waals surface area contributed by atoms with Gasteiger partial charge in [-0.1, -0.05) is 66.7 Å². The zero-order valence-electron chi connectivity index (χ0n) is 16.7. The molecule has 0 spiro atoms. The van der Waals surface area contributed by atoms with E-state index in [-0.39, 0.29) is 20.1 Å². The Hall–Kier alpha value is -3.66. The van der Waals surface area contributed by atoms with Crippen LogP contribution in [-0.4, -0.2) is 4.98 Å². The molecule has 5 aromatic rings. The minimum Gasteiger partial charge on any atom is -0.473 e. The Morgan fingerprint density at radius 3 is 2.19 bits per heavy atom. The molecule has 0 fully saturated rings. The predicted octanol–water partition coefficient (Wildman–Crippen LogP) is 7.38. The number of aromatic nitrogens is 1. The molecule has 4 aromatic carbocycles. The van der Waals surface area contributed by atoms with Crippen molar-refractivity contribution in [1.29, 1.82) is 0 Å². The molecule has 2 aliphatic heterocycles. The van der Waals surface area contributed by atoms with Gasteiger partial charge in [-0.3, -0.25) is 4.98 Å². The molecule has 2 aliphatic rings. The number of hydrogen-bond acceptors (Lipinski definition) is 4. The topological polar surface area (TPSA) is 34.6 Å². The Morgan fingerprint density at radius 2 is 1.38 bits per heavy atom. The van der Waals surface area contributed by atoms with Gasteiger partial charge in [-0.2, -0.15) is 0 Å². The van der Waals surface area contributed by atoms with Crippen molar-refractivity contribution in [2.75, 3.05) is 4.90 Å². The van der Waals surface area contributed by atoms with Crippen LogP contribution in [0.25, 0.3) is 22.2 Å². The van der Waals surface area contributed by atoms with Gasteiger partial charge in [0.15, 0.2) is 0 Å². The molecule has 1 aromatic heterocycles. The van der Waals surface area contributed by atoms with E-state index in [1.54, 1.807) is 0 Å². The average Bonchev–Trinajstić information content (AvgIpc) is 2.83. The van der Waals surface area contributed by atoms with Gasteiger partial charge in [0.1, 0.15) is 11.5 Å². The molecule has 3 heterocycles. The molecule has 0 unspecified atom stereocenters. The minimum atomic E-state index is 0. The van der Waals surface area contributed by atoms with Crippen LogP contribution in [0.1, 0.15) is 0 Å². The number of rotatable bonds is 1. The quantitative estimate of drug-likeness (QED) is 0.187. The standard InChI is InChI=1S/C27H15N2O2.Ir/c1-2-8-19-17(7-1)13-14-20(28-19)18-15-25-27-26(16-18)31-24-12-6-4-10-22(24)29(27)21-9-3-5-11-23(21)30-25;/h1-15H;/q-1;. The van der Waals surface area contributed by atoms with Gasteiger partial charge in [-0.25, -0.2) is 0 Å². The maximum atomic E-state index is 6.32. The van der Waals surface area contributed by atoms with E-state index in [1.807, 2.05) is 66.7 Å². The summed E-state index contributed by atoms with van der Waals surface area (Å²) < 4.78 is 12.6. The number of fused-ring (bicyclic) bond motifs is 5. The van der Waals surface area contributed by atoms with Crippen molar-refractivity contribution in [2.45, 2.75) is 0 Å². The molecule has 155 valence electrons. The van der Waals surface area contributed by atoms with E-state index in [0.717, 1.165) is 56.5 Å². The fraction of sp³-hybridized carbons (Fsp3) is 0. The first kappa shape index (κ1) is 19.1. The summed E-state index contributed by atoms with van der Waals surface area (Å²) in [7, 11) is 0. The third-order valence-electron chi connectivity index (χ3n) is 5.71. The number of para-hydroxylation sites is 5. The summed E-state index contributed by atoms with van der Waals surface area (Å²) in [5.74, 6) is 2.96. The Labute approximate surface area is 198 Å². The fourth-order valence-corrected chi connectivity index (χ4v) is 4.30. The van der Waals surface area contributed by atoms with Gasteiger partial charge in [0.2, 0.25) is 0 Å². The van der Waals surface area contributed by atoms with Crippen LogP contribution in [0.2, 0.25) is 0 Å². The summed E-state index contributed by atoms with van der Waals surface area (Å²) in [6.45, 7) is 0.